The van der Waals surface area contributed by atoms with Crippen molar-refractivity contribution in [3.8, 4) is 0 Å². The highest BCUT2D eigenvalue weighted by molar-refractivity contribution is 5.82. The summed E-state index contributed by atoms with van der Waals surface area (Å²) >= 11 is 0. The number of carboxylic acid groups (broad SMARTS) is 1. The van der Waals surface area contributed by atoms with Crippen LogP contribution in [-0.2, 0) is 16.4 Å². The first kappa shape index (κ1) is 13.9. The number of nitrogens with zero attached hydrogens (tertiary/aromatic N) is 1. The second-order valence-corrected chi connectivity index (χ2v) is 4.88. The Morgan fingerprint density at radius 1 is 1.47 bits per heavy atom. The molecule has 2 rings (SSSR count). The van der Waals surface area contributed by atoms with E-state index in [0.717, 1.165) is 6.20 Å². The Hall–Kier alpha value is -1.57. The number of aliphatic carboxylic acids is 1. The normalized spacial score (nSPS) is 28.3. The van der Waals surface area contributed by atoms with Crippen molar-refractivity contribution in [3.63, 3.8) is 0 Å². The highest BCUT2D eigenvalue weighted by Gasteiger charge is 2.49. The van der Waals surface area contributed by atoms with E-state index in [9.17, 15) is 23.1 Å². The van der Waals surface area contributed by atoms with Crippen LogP contribution in [0, 0.1) is 0 Å². The summed E-state index contributed by atoms with van der Waals surface area (Å²) in [5.74, 6) is -1.26. The Balaban J connectivity index is 2.47. The first-order valence-electron chi connectivity index (χ1n) is 5.87. The zero-order valence-electron chi connectivity index (χ0n) is 10.00. The number of nitrogens with one attached hydrogen (secondary N) is 1. The van der Waals surface area contributed by atoms with Crippen molar-refractivity contribution in [3.05, 3.63) is 17.5 Å². The van der Waals surface area contributed by atoms with E-state index < -0.39 is 23.3 Å². The van der Waals surface area contributed by atoms with Gasteiger partial charge in [0.1, 0.15) is 5.69 Å². The van der Waals surface area contributed by atoms with Gasteiger partial charge in [-0.3, -0.25) is 9.89 Å². The Kier molecular flexibility index (Phi) is 3.29. The fourth-order valence-electron chi connectivity index (χ4n) is 2.60. The van der Waals surface area contributed by atoms with Crippen LogP contribution in [0.3, 0.4) is 0 Å². The number of nitrogens with two attached hydrogens (primary N) is 1. The lowest BCUT2D eigenvalue weighted by Gasteiger charge is -2.35. The van der Waals surface area contributed by atoms with E-state index in [0.29, 0.717) is 12.8 Å². The fourth-order valence-corrected chi connectivity index (χ4v) is 2.60. The molecule has 1 fully saturated rings. The van der Waals surface area contributed by atoms with Crippen molar-refractivity contribution in [1.82, 2.24) is 10.2 Å². The number of aromatic nitrogens is 2. The molecule has 1 aliphatic rings. The Bertz CT molecular complexity index is 476. The molecule has 1 aromatic rings. The second-order valence-electron chi connectivity index (χ2n) is 4.88. The number of halogens is 3. The summed E-state index contributed by atoms with van der Waals surface area (Å²) in [5.41, 5.74) is 2.78. The van der Waals surface area contributed by atoms with Crippen molar-refractivity contribution < 1.29 is 23.1 Å². The van der Waals surface area contributed by atoms with E-state index in [2.05, 4.69) is 5.10 Å². The fraction of sp³-hybridized carbons (Fsp3) is 0.636. The zero-order chi connectivity index (χ0) is 14.3. The summed E-state index contributed by atoms with van der Waals surface area (Å²) in [4.78, 5) is 11.5. The molecule has 0 spiro atoms. The van der Waals surface area contributed by atoms with Crippen LogP contribution in [0.15, 0.2) is 6.20 Å². The van der Waals surface area contributed by atoms with Crippen LogP contribution in [0.2, 0.25) is 0 Å². The summed E-state index contributed by atoms with van der Waals surface area (Å²) in [6, 6.07) is -0.159. The molecular formula is C11H14F3N3O2. The first-order chi connectivity index (χ1) is 8.77. The van der Waals surface area contributed by atoms with E-state index >= 15 is 0 Å². The van der Waals surface area contributed by atoms with Gasteiger partial charge < -0.3 is 10.8 Å². The van der Waals surface area contributed by atoms with Crippen LogP contribution in [0.25, 0.3) is 0 Å². The van der Waals surface area contributed by atoms with Crippen molar-refractivity contribution in [1.29, 1.82) is 0 Å². The van der Waals surface area contributed by atoms with Crippen LogP contribution in [0.1, 0.15) is 36.9 Å². The maximum atomic E-state index is 12.9. The van der Waals surface area contributed by atoms with Gasteiger partial charge in [0, 0.05) is 11.6 Å². The Labute approximate surface area is 107 Å². The molecule has 1 heterocycles. The largest absolute Gasteiger partial charge is 0.481 e. The molecule has 0 saturated heterocycles. The molecule has 1 saturated carbocycles. The molecular weight excluding hydrogens is 263 g/mol. The highest BCUT2D eigenvalue weighted by atomic mass is 19.4. The molecule has 0 radical (unpaired) electrons. The number of carboxylic acids is 1. The SMILES string of the molecule is NC1CCC(C(=O)O)(c2cn[nH]c2C(F)(F)F)CC1. The standard InChI is InChI=1S/C11H14F3N3O2/c12-11(13,14)8-7(5-16-17-8)10(9(18)19)3-1-6(15)2-4-10/h5-6H,1-4,15H2,(H,16,17)(H,18,19). The second kappa shape index (κ2) is 4.52. The van der Waals surface area contributed by atoms with E-state index in [1.165, 1.54) is 0 Å². The summed E-state index contributed by atoms with van der Waals surface area (Å²) in [6.45, 7) is 0. The highest BCUT2D eigenvalue weighted by Crippen LogP contribution is 2.44. The lowest BCUT2D eigenvalue weighted by Crippen LogP contribution is -2.43. The van der Waals surface area contributed by atoms with Gasteiger partial charge in [-0.25, -0.2) is 0 Å². The zero-order valence-corrected chi connectivity index (χ0v) is 10.00. The summed E-state index contributed by atoms with van der Waals surface area (Å²) in [5, 5.41) is 14.6. The minimum atomic E-state index is -4.64. The average molecular weight is 277 g/mol. The maximum absolute atomic E-state index is 12.9. The predicted molar refractivity (Wildman–Crippen MR) is 59.3 cm³/mol. The minimum absolute atomic E-state index is 0.0894. The van der Waals surface area contributed by atoms with Gasteiger partial charge in [0.05, 0.1) is 11.6 Å². The van der Waals surface area contributed by atoms with Crippen molar-refractivity contribution in [2.24, 2.45) is 5.73 Å². The average Bonchev–Trinajstić information content (AvgIpc) is 2.79. The van der Waals surface area contributed by atoms with Crippen molar-refractivity contribution >= 4 is 5.97 Å². The maximum Gasteiger partial charge on any atom is 0.433 e. The summed E-state index contributed by atoms with van der Waals surface area (Å²) in [6.07, 6.45) is -2.73. The molecule has 1 aliphatic carbocycles. The third-order valence-electron chi connectivity index (χ3n) is 3.73. The monoisotopic (exact) mass is 277 g/mol. The van der Waals surface area contributed by atoms with Crippen LogP contribution in [-0.4, -0.2) is 27.3 Å². The number of aromatic amines is 1. The van der Waals surface area contributed by atoms with E-state index in [4.69, 9.17) is 5.73 Å². The van der Waals surface area contributed by atoms with Gasteiger partial charge in [0.15, 0.2) is 0 Å². The van der Waals surface area contributed by atoms with Crippen LogP contribution < -0.4 is 5.73 Å². The lowest BCUT2D eigenvalue weighted by atomic mass is 9.68. The molecule has 19 heavy (non-hydrogen) atoms. The van der Waals surface area contributed by atoms with Gasteiger partial charge in [-0.2, -0.15) is 18.3 Å². The van der Waals surface area contributed by atoms with E-state index in [1.807, 2.05) is 5.10 Å². The van der Waals surface area contributed by atoms with Crippen LogP contribution >= 0.6 is 0 Å². The number of alkyl halides is 3. The molecule has 0 atom stereocenters. The summed E-state index contributed by atoms with van der Waals surface area (Å²) in [7, 11) is 0. The Morgan fingerprint density at radius 3 is 2.53 bits per heavy atom. The van der Waals surface area contributed by atoms with Crippen molar-refractivity contribution in [2.75, 3.05) is 0 Å². The number of hydrogen-bond acceptors (Lipinski definition) is 3. The van der Waals surface area contributed by atoms with Crippen LogP contribution in [0.4, 0.5) is 13.2 Å². The number of H-pyrrole nitrogens is 1. The third kappa shape index (κ3) is 2.32. The predicted octanol–water partition coefficient (Wildman–Crippen LogP) is 1.65. The van der Waals surface area contributed by atoms with Gasteiger partial charge in [-0.1, -0.05) is 0 Å². The first-order valence-corrected chi connectivity index (χ1v) is 5.87. The smallest absolute Gasteiger partial charge is 0.433 e. The third-order valence-corrected chi connectivity index (χ3v) is 3.73. The number of hydrogen-bond donors (Lipinski definition) is 3. The van der Waals surface area contributed by atoms with Gasteiger partial charge in [0.2, 0.25) is 0 Å². The molecule has 106 valence electrons. The molecule has 0 bridgehead atoms. The quantitative estimate of drug-likeness (QED) is 0.766. The van der Waals surface area contributed by atoms with Gasteiger partial charge in [-0.15, -0.1) is 0 Å². The van der Waals surface area contributed by atoms with Gasteiger partial charge in [0.25, 0.3) is 0 Å². The molecule has 0 aliphatic heterocycles. The van der Waals surface area contributed by atoms with Crippen LogP contribution in [0.5, 0.6) is 0 Å². The van der Waals surface area contributed by atoms with Gasteiger partial charge in [-0.05, 0) is 25.7 Å². The number of rotatable bonds is 2. The van der Waals surface area contributed by atoms with E-state index in [-0.39, 0.29) is 24.4 Å². The Morgan fingerprint density at radius 2 is 2.05 bits per heavy atom. The molecule has 5 nitrogen and oxygen atoms in total. The molecule has 1 aromatic heterocycles. The topological polar surface area (TPSA) is 92.0 Å². The molecule has 0 unspecified atom stereocenters. The van der Waals surface area contributed by atoms with E-state index in [1.54, 1.807) is 0 Å². The van der Waals surface area contributed by atoms with Crippen molar-refractivity contribution in [2.45, 2.75) is 43.3 Å². The number of carbonyl (C=O) groups is 1. The lowest BCUT2D eigenvalue weighted by molar-refractivity contribution is -0.148. The summed E-state index contributed by atoms with van der Waals surface area (Å²) < 4.78 is 38.6. The molecule has 0 aromatic carbocycles. The molecule has 4 N–H and O–H groups in total. The molecule has 0 amide bonds. The minimum Gasteiger partial charge on any atom is -0.481 e. The molecule has 8 heteroatoms. The van der Waals surface area contributed by atoms with Gasteiger partial charge >= 0.3 is 12.1 Å².